The second-order valence-electron chi connectivity index (χ2n) is 13.8. The number of aryl methyl sites for hydroxylation is 1. The lowest BCUT2D eigenvalue weighted by atomic mass is 10.0. The second kappa shape index (κ2) is 16.1. The Morgan fingerprint density at radius 3 is 1.58 bits per heavy atom. The zero-order chi connectivity index (χ0) is 39.3. The third-order valence-corrected chi connectivity index (χ3v) is 10.3. The normalized spacial score (nSPS) is 11.1. The minimum atomic E-state index is 0.973. The van der Waals surface area contributed by atoms with Crippen molar-refractivity contribution in [1.82, 2.24) is 18.7 Å². The Balaban J connectivity index is 0.000000460. The van der Waals surface area contributed by atoms with Crippen molar-refractivity contribution in [2.24, 2.45) is 7.05 Å². The summed E-state index contributed by atoms with van der Waals surface area (Å²) in [5, 5.41) is 5.03. The van der Waals surface area contributed by atoms with Crippen LogP contribution in [-0.2, 0) is 7.05 Å². The maximum Gasteiger partial charge on any atom is 0.140 e. The van der Waals surface area contributed by atoms with Gasteiger partial charge < -0.3 is 13.7 Å². The first kappa shape index (κ1) is 36.5. The Morgan fingerprint density at radius 2 is 0.982 bits per heavy atom. The fourth-order valence-corrected chi connectivity index (χ4v) is 7.74. The number of allylic oxidation sites excluding steroid dienone is 5. The van der Waals surface area contributed by atoms with Crippen LogP contribution in [0.15, 0.2) is 214 Å². The van der Waals surface area contributed by atoms with Gasteiger partial charge >= 0.3 is 0 Å². The van der Waals surface area contributed by atoms with E-state index in [1.165, 1.54) is 54.7 Å². The van der Waals surface area contributed by atoms with Crippen LogP contribution in [0.2, 0.25) is 0 Å². The monoisotopic (exact) mass is 736 g/mol. The minimum absolute atomic E-state index is 0.973. The zero-order valence-electron chi connectivity index (χ0n) is 32.4. The average Bonchev–Trinajstić information content (AvgIpc) is 3.90. The summed E-state index contributed by atoms with van der Waals surface area (Å²) in [6.45, 7) is 12.1. The van der Waals surface area contributed by atoms with Gasteiger partial charge in [-0.05, 0) is 78.7 Å². The first-order valence-electron chi connectivity index (χ1n) is 19.2. The quantitative estimate of drug-likeness (QED) is 0.156. The van der Waals surface area contributed by atoms with Gasteiger partial charge in [0.1, 0.15) is 5.82 Å². The lowest BCUT2D eigenvalue weighted by molar-refractivity contribution is 0.959. The van der Waals surface area contributed by atoms with E-state index in [1.807, 2.05) is 25.1 Å². The highest BCUT2D eigenvalue weighted by atomic mass is 15.1. The summed E-state index contributed by atoms with van der Waals surface area (Å²) in [7, 11) is 2.10. The summed E-state index contributed by atoms with van der Waals surface area (Å²) in [4.78, 5) is 4.97. The first-order chi connectivity index (χ1) is 28.1. The van der Waals surface area contributed by atoms with E-state index in [2.05, 4.69) is 198 Å². The van der Waals surface area contributed by atoms with Crippen molar-refractivity contribution < 1.29 is 0 Å². The summed E-state index contributed by atoms with van der Waals surface area (Å²) in [6, 6.07) is 58.9. The number of hydrogen-bond acceptors (Lipinski definition) is 1. The SMILES string of the molecule is C=C/C=C\C.C=CC=C.Cn1c(-c2ccccc2)nc2ccc(-c3cccc(-n4c5ccccc5c5cc6c7ccccc7n(-c7ccccc7)c6cc54)c3)cc21. The van der Waals surface area contributed by atoms with Crippen molar-refractivity contribution >= 4 is 54.6 Å². The molecule has 0 N–H and O–H groups in total. The molecule has 10 rings (SSSR count). The van der Waals surface area contributed by atoms with Crippen LogP contribution in [0.25, 0.3) is 88.5 Å². The first-order valence-corrected chi connectivity index (χ1v) is 19.2. The van der Waals surface area contributed by atoms with Crippen molar-refractivity contribution in [2.45, 2.75) is 6.92 Å². The van der Waals surface area contributed by atoms with E-state index in [1.54, 1.807) is 18.2 Å². The molecule has 0 saturated heterocycles. The van der Waals surface area contributed by atoms with Crippen molar-refractivity contribution in [2.75, 3.05) is 0 Å². The molecule has 0 saturated carbocycles. The zero-order valence-corrected chi connectivity index (χ0v) is 32.4. The topological polar surface area (TPSA) is 27.7 Å². The van der Waals surface area contributed by atoms with Gasteiger partial charge in [-0.2, -0.15) is 0 Å². The van der Waals surface area contributed by atoms with E-state index >= 15 is 0 Å². The summed E-state index contributed by atoms with van der Waals surface area (Å²) in [5.41, 5.74) is 12.7. The number of aromatic nitrogens is 4. The fraction of sp³-hybridized carbons (Fsp3) is 0.0377. The predicted octanol–water partition coefficient (Wildman–Crippen LogP) is 14.2. The molecule has 0 atom stereocenters. The van der Waals surface area contributed by atoms with Gasteiger partial charge in [0.05, 0.1) is 33.1 Å². The highest BCUT2D eigenvalue weighted by molar-refractivity contribution is 6.19. The Labute approximate surface area is 333 Å². The number of hydrogen-bond donors (Lipinski definition) is 0. The minimum Gasteiger partial charge on any atom is -0.327 e. The van der Waals surface area contributed by atoms with Crippen LogP contribution in [-0.4, -0.2) is 18.7 Å². The van der Waals surface area contributed by atoms with Gasteiger partial charge in [0, 0.05) is 45.5 Å². The second-order valence-corrected chi connectivity index (χ2v) is 13.8. The van der Waals surface area contributed by atoms with Crippen molar-refractivity contribution in [3.8, 4) is 33.9 Å². The average molecular weight is 737 g/mol. The Hall–Kier alpha value is -7.43. The molecule has 0 spiro atoms. The van der Waals surface area contributed by atoms with Gasteiger partial charge in [-0.3, -0.25) is 0 Å². The molecule has 3 aromatic heterocycles. The third-order valence-electron chi connectivity index (χ3n) is 10.3. The number of fused-ring (bicyclic) bond motifs is 7. The summed E-state index contributed by atoms with van der Waals surface area (Å²) in [5.74, 6) is 0.973. The Bertz CT molecular complexity index is 3070. The Kier molecular flexibility index (Phi) is 10.3. The maximum atomic E-state index is 4.97. The highest BCUT2D eigenvalue weighted by Crippen LogP contribution is 2.40. The standard InChI is InChI=1S/C44H30N4.C5H8.C4H6/c1-46-43-26-31(23-24-38(43)45-44(46)29-13-4-2-5-14-29)30-15-12-18-33(25-30)48-40-22-11-9-20-35(40)37-27-36-34-19-8-10-21-39(34)47(41(36)28-42(37)48)32-16-6-3-7-17-32;1-3-5-4-2;1-3-4-2/h2-28H,1H3;3-5H,1H2,2H3;3-4H,1-2H2/b;5-4-;. The van der Waals surface area contributed by atoms with Crippen molar-refractivity contribution in [3.05, 3.63) is 214 Å². The molecule has 276 valence electrons. The molecule has 0 radical (unpaired) electrons. The summed E-state index contributed by atoms with van der Waals surface area (Å²) in [6.07, 6.45) is 8.85. The van der Waals surface area contributed by atoms with E-state index in [4.69, 9.17) is 4.98 Å². The van der Waals surface area contributed by atoms with E-state index in [-0.39, 0.29) is 0 Å². The third kappa shape index (κ3) is 6.79. The van der Waals surface area contributed by atoms with Crippen LogP contribution in [0, 0.1) is 0 Å². The van der Waals surface area contributed by atoms with E-state index in [0.717, 1.165) is 33.8 Å². The molecule has 0 unspecified atom stereocenters. The molecule has 7 aromatic carbocycles. The van der Waals surface area contributed by atoms with Crippen LogP contribution in [0.5, 0.6) is 0 Å². The molecule has 4 nitrogen and oxygen atoms in total. The van der Waals surface area contributed by atoms with Gasteiger partial charge in [0.25, 0.3) is 0 Å². The van der Waals surface area contributed by atoms with Gasteiger partial charge in [0.2, 0.25) is 0 Å². The molecular formula is C53H44N4. The molecule has 0 aliphatic rings. The largest absolute Gasteiger partial charge is 0.327 e. The van der Waals surface area contributed by atoms with Gasteiger partial charge in [-0.1, -0.05) is 153 Å². The summed E-state index contributed by atoms with van der Waals surface area (Å²) < 4.78 is 7.02. The fourth-order valence-electron chi connectivity index (χ4n) is 7.74. The Morgan fingerprint density at radius 1 is 0.439 bits per heavy atom. The van der Waals surface area contributed by atoms with Gasteiger partial charge in [0.15, 0.2) is 0 Å². The smallest absolute Gasteiger partial charge is 0.140 e. The number of imidazole rings is 1. The van der Waals surface area contributed by atoms with E-state index in [0.29, 0.717) is 0 Å². The van der Waals surface area contributed by atoms with Gasteiger partial charge in [-0.25, -0.2) is 4.98 Å². The summed E-state index contributed by atoms with van der Waals surface area (Å²) >= 11 is 0. The molecular weight excluding hydrogens is 693 g/mol. The predicted molar refractivity (Wildman–Crippen MR) is 246 cm³/mol. The van der Waals surface area contributed by atoms with Crippen molar-refractivity contribution in [3.63, 3.8) is 0 Å². The van der Waals surface area contributed by atoms with Crippen LogP contribution in [0.4, 0.5) is 0 Å². The lowest BCUT2D eigenvalue weighted by Gasteiger charge is -2.12. The highest BCUT2D eigenvalue weighted by Gasteiger charge is 2.19. The molecule has 57 heavy (non-hydrogen) atoms. The number of para-hydroxylation sites is 3. The molecule has 0 aliphatic heterocycles. The van der Waals surface area contributed by atoms with E-state index < -0.39 is 0 Å². The molecule has 10 aromatic rings. The molecule has 0 fully saturated rings. The molecule has 4 heteroatoms. The molecule has 0 aliphatic carbocycles. The van der Waals surface area contributed by atoms with E-state index in [9.17, 15) is 0 Å². The van der Waals surface area contributed by atoms with Crippen LogP contribution in [0.3, 0.4) is 0 Å². The number of benzene rings is 7. The van der Waals surface area contributed by atoms with Gasteiger partial charge in [-0.15, -0.1) is 0 Å². The maximum absolute atomic E-state index is 4.97. The van der Waals surface area contributed by atoms with Crippen LogP contribution < -0.4 is 0 Å². The van der Waals surface area contributed by atoms with Crippen molar-refractivity contribution in [1.29, 1.82) is 0 Å². The number of nitrogens with zero attached hydrogens (tertiary/aromatic N) is 4. The molecule has 0 bridgehead atoms. The van der Waals surface area contributed by atoms with Crippen LogP contribution in [0.1, 0.15) is 6.92 Å². The molecule has 0 amide bonds. The number of rotatable bonds is 6. The lowest BCUT2D eigenvalue weighted by Crippen LogP contribution is -1.96. The molecule has 3 heterocycles. The van der Waals surface area contributed by atoms with Crippen LogP contribution >= 0.6 is 0 Å².